The Hall–Kier alpha value is -2.81. The molecule has 0 spiro atoms. The molecule has 1 unspecified atom stereocenters. The fourth-order valence-corrected chi connectivity index (χ4v) is 4.32. The molecule has 1 atom stereocenters. The Bertz CT molecular complexity index is 1010. The fraction of sp³-hybridized carbons (Fsp3) is 0.320. The summed E-state index contributed by atoms with van der Waals surface area (Å²) >= 11 is 0. The van der Waals surface area contributed by atoms with E-state index in [2.05, 4.69) is 47.8 Å². The number of amides is 1. The summed E-state index contributed by atoms with van der Waals surface area (Å²) in [5.41, 5.74) is 3.84. The summed E-state index contributed by atoms with van der Waals surface area (Å²) < 4.78 is 6.21. The lowest BCUT2D eigenvalue weighted by atomic mass is 9.81. The highest BCUT2D eigenvalue weighted by Crippen LogP contribution is 2.41. The smallest absolute Gasteiger partial charge is 0.223 e. The molecular formula is C25H25NO2. The predicted molar refractivity (Wildman–Crippen MR) is 112 cm³/mol. The standard InChI is InChI=1S/C25H25NO2/c27-25(19-9-10-19)26-15-20-11-13-22-23(28-16-17-5-2-1-3-6-17)14-12-18-7-4-8-21(20)24(18)22/h1-8,12,14,19-20H,9-11,13,15-16H2,(H,26,27). The van der Waals surface area contributed by atoms with E-state index in [0.29, 0.717) is 12.5 Å². The van der Waals surface area contributed by atoms with E-state index in [-0.39, 0.29) is 11.8 Å². The number of carbonyl (C=O) groups excluding carboxylic acids is 1. The minimum atomic E-state index is 0.234. The van der Waals surface area contributed by atoms with E-state index in [1.165, 1.54) is 27.5 Å². The maximum atomic E-state index is 12.1. The molecule has 1 fully saturated rings. The molecule has 28 heavy (non-hydrogen) atoms. The number of hydrogen-bond donors (Lipinski definition) is 1. The van der Waals surface area contributed by atoms with Gasteiger partial charge in [-0.15, -0.1) is 0 Å². The zero-order valence-electron chi connectivity index (χ0n) is 16.0. The van der Waals surface area contributed by atoms with Crippen LogP contribution in [-0.2, 0) is 17.8 Å². The van der Waals surface area contributed by atoms with Crippen LogP contribution >= 0.6 is 0 Å². The zero-order chi connectivity index (χ0) is 18.9. The molecule has 2 aliphatic carbocycles. The third-order valence-electron chi connectivity index (χ3n) is 6.03. The normalized spacial score (nSPS) is 18.1. The number of aryl methyl sites for hydroxylation is 1. The van der Waals surface area contributed by atoms with Crippen molar-refractivity contribution in [3.8, 4) is 5.75 Å². The Morgan fingerprint density at radius 1 is 0.964 bits per heavy atom. The number of nitrogens with one attached hydrogen (secondary N) is 1. The number of rotatable bonds is 6. The van der Waals surface area contributed by atoms with Crippen LogP contribution in [0.25, 0.3) is 10.8 Å². The molecule has 0 bridgehead atoms. The SMILES string of the molecule is O=C(NCC1CCc2c(OCc3ccccc3)ccc3cccc1c23)C1CC1. The van der Waals surface area contributed by atoms with Crippen LogP contribution in [0.3, 0.4) is 0 Å². The average Bonchev–Trinajstić information content (AvgIpc) is 3.59. The molecule has 3 heteroatoms. The van der Waals surface area contributed by atoms with Gasteiger partial charge in [-0.1, -0.05) is 54.6 Å². The number of ether oxygens (including phenoxy) is 1. The first-order valence-corrected chi connectivity index (χ1v) is 10.3. The second-order valence-electron chi connectivity index (χ2n) is 8.02. The van der Waals surface area contributed by atoms with E-state index in [4.69, 9.17) is 4.74 Å². The molecule has 2 aliphatic rings. The third kappa shape index (κ3) is 3.37. The van der Waals surface area contributed by atoms with Crippen molar-refractivity contribution < 1.29 is 9.53 Å². The van der Waals surface area contributed by atoms with E-state index in [9.17, 15) is 4.79 Å². The Kier molecular flexibility index (Phi) is 4.52. The van der Waals surface area contributed by atoms with Gasteiger partial charge in [0.2, 0.25) is 5.91 Å². The topological polar surface area (TPSA) is 38.3 Å². The van der Waals surface area contributed by atoms with Crippen LogP contribution in [0.15, 0.2) is 60.7 Å². The first-order valence-electron chi connectivity index (χ1n) is 10.3. The van der Waals surface area contributed by atoms with Crippen LogP contribution < -0.4 is 10.1 Å². The fourth-order valence-electron chi connectivity index (χ4n) is 4.32. The molecule has 5 rings (SSSR count). The van der Waals surface area contributed by atoms with Crippen molar-refractivity contribution in [3.05, 3.63) is 77.4 Å². The zero-order valence-corrected chi connectivity index (χ0v) is 16.0. The minimum Gasteiger partial charge on any atom is -0.489 e. The molecule has 0 radical (unpaired) electrons. The van der Waals surface area contributed by atoms with Crippen LogP contribution in [0.4, 0.5) is 0 Å². The third-order valence-corrected chi connectivity index (χ3v) is 6.03. The van der Waals surface area contributed by atoms with E-state index >= 15 is 0 Å². The summed E-state index contributed by atoms with van der Waals surface area (Å²) in [7, 11) is 0. The van der Waals surface area contributed by atoms with E-state index < -0.39 is 0 Å². The van der Waals surface area contributed by atoms with Crippen LogP contribution in [0.1, 0.15) is 41.9 Å². The van der Waals surface area contributed by atoms with Crippen molar-refractivity contribution in [2.75, 3.05) is 6.54 Å². The molecule has 0 heterocycles. The molecular weight excluding hydrogens is 346 g/mol. The minimum absolute atomic E-state index is 0.234. The second kappa shape index (κ2) is 7.31. The monoisotopic (exact) mass is 371 g/mol. The Balaban J connectivity index is 1.41. The van der Waals surface area contributed by atoms with Crippen molar-refractivity contribution in [3.63, 3.8) is 0 Å². The number of benzene rings is 3. The van der Waals surface area contributed by atoms with Gasteiger partial charge in [-0.3, -0.25) is 4.79 Å². The van der Waals surface area contributed by atoms with Gasteiger partial charge in [0.1, 0.15) is 12.4 Å². The lowest BCUT2D eigenvalue weighted by Crippen LogP contribution is -2.30. The number of carbonyl (C=O) groups is 1. The summed E-state index contributed by atoms with van der Waals surface area (Å²) in [6.45, 7) is 1.32. The average molecular weight is 371 g/mol. The van der Waals surface area contributed by atoms with Crippen LogP contribution in [0.2, 0.25) is 0 Å². The van der Waals surface area contributed by atoms with E-state index in [1.807, 2.05) is 18.2 Å². The summed E-state index contributed by atoms with van der Waals surface area (Å²) in [4.78, 5) is 12.1. The first-order chi connectivity index (χ1) is 13.8. The van der Waals surface area contributed by atoms with Gasteiger partial charge in [-0.05, 0) is 53.6 Å². The molecule has 1 N–H and O–H groups in total. The predicted octanol–water partition coefficient (Wildman–Crippen LogP) is 4.97. The lowest BCUT2D eigenvalue weighted by Gasteiger charge is -2.27. The molecule has 1 amide bonds. The van der Waals surface area contributed by atoms with Gasteiger partial charge in [0.15, 0.2) is 0 Å². The molecule has 3 aromatic rings. The molecule has 3 nitrogen and oxygen atoms in total. The van der Waals surface area contributed by atoms with Crippen molar-refractivity contribution in [2.45, 2.75) is 38.2 Å². The highest BCUT2D eigenvalue weighted by Gasteiger charge is 2.31. The van der Waals surface area contributed by atoms with Gasteiger partial charge in [-0.2, -0.15) is 0 Å². The van der Waals surface area contributed by atoms with Gasteiger partial charge in [-0.25, -0.2) is 0 Å². The van der Waals surface area contributed by atoms with Crippen LogP contribution in [0, 0.1) is 5.92 Å². The van der Waals surface area contributed by atoms with Gasteiger partial charge in [0.05, 0.1) is 0 Å². The quantitative estimate of drug-likeness (QED) is 0.664. The summed E-state index contributed by atoms with van der Waals surface area (Å²) in [5, 5.41) is 5.77. The van der Waals surface area contributed by atoms with Crippen molar-refractivity contribution in [1.82, 2.24) is 5.32 Å². The molecule has 3 aromatic carbocycles. The Morgan fingerprint density at radius 3 is 2.64 bits per heavy atom. The molecule has 1 saturated carbocycles. The second-order valence-corrected chi connectivity index (χ2v) is 8.02. The summed E-state index contributed by atoms with van der Waals surface area (Å²) in [6.07, 6.45) is 4.14. The van der Waals surface area contributed by atoms with Gasteiger partial charge in [0, 0.05) is 23.9 Å². The van der Waals surface area contributed by atoms with Crippen LogP contribution in [-0.4, -0.2) is 12.5 Å². The van der Waals surface area contributed by atoms with E-state index in [1.54, 1.807) is 0 Å². The molecule has 0 aliphatic heterocycles. The highest BCUT2D eigenvalue weighted by molar-refractivity contribution is 5.92. The highest BCUT2D eigenvalue weighted by atomic mass is 16.5. The van der Waals surface area contributed by atoms with Gasteiger partial charge in [0.25, 0.3) is 0 Å². The van der Waals surface area contributed by atoms with Crippen molar-refractivity contribution >= 4 is 16.7 Å². The van der Waals surface area contributed by atoms with Crippen molar-refractivity contribution in [2.24, 2.45) is 5.92 Å². The molecule has 0 aromatic heterocycles. The maximum Gasteiger partial charge on any atom is 0.223 e. The Morgan fingerprint density at radius 2 is 1.82 bits per heavy atom. The summed E-state index contributed by atoms with van der Waals surface area (Å²) in [6, 6.07) is 21.1. The maximum absolute atomic E-state index is 12.1. The first kappa shape index (κ1) is 17.3. The molecule has 0 saturated heterocycles. The molecule has 142 valence electrons. The largest absolute Gasteiger partial charge is 0.489 e. The number of hydrogen-bond acceptors (Lipinski definition) is 2. The van der Waals surface area contributed by atoms with Crippen molar-refractivity contribution in [1.29, 1.82) is 0 Å². The lowest BCUT2D eigenvalue weighted by molar-refractivity contribution is -0.122. The van der Waals surface area contributed by atoms with Gasteiger partial charge >= 0.3 is 0 Å². The van der Waals surface area contributed by atoms with Crippen LogP contribution in [0.5, 0.6) is 5.75 Å². The summed E-state index contributed by atoms with van der Waals surface area (Å²) in [5.74, 6) is 1.87. The van der Waals surface area contributed by atoms with E-state index in [0.717, 1.165) is 38.0 Å². The van der Waals surface area contributed by atoms with Gasteiger partial charge < -0.3 is 10.1 Å². The Labute approximate surface area is 165 Å².